The highest BCUT2D eigenvalue weighted by molar-refractivity contribution is 5.97. The second-order valence-corrected chi connectivity index (χ2v) is 13.1. The molecule has 0 atom stereocenters. The molecule has 2 aromatic heterocycles. The Bertz CT molecular complexity index is 2630. The highest BCUT2D eigenvalue weighted by Gasteiger charge is 2.51. The van der Waals surface area contributed by atoms with Crippen LogP contribution in [-0.4, -0.2) is 15.0 Å². The molecule has 1 aliphatic heterocycles. The third-order valence-electron chi connectivity index (χ3n) is 10.6. The van der Waals surface area contributed by atoms with Gasteiger partial charge in [-0.25, -0.2) is 9.97 Å². The Balaban J connectivity index is 1.11. The molecule has 3 aliphatic rings. The van der Waals surface area contributed by atoms with Gasteiger partial charge in [-0.15, -0.1) is 0 Å². The Hall–Kier alpha value is -6.39. The minimum absolute atomic E-state index is 0.382. The molecule has 0 unspecified atom stereocenters. The first-order chi connectivity index (χ1) is 24.3. The summed E-state index contributed by atoms with van der Waals surface area (Å²) < 4.78 is 6.52. The van der Waals surface area contributed by atoms with E-state index in [1.54, 1.807) is 6.20 Å². The number of rotatable bonds is 2. The number of fused-ring (bicyclic) bond motifs is 14. The Morgan fingerprint density at radius 2 is 1.18 bits per heavy atom. The lowest BCUT2D eigenvalue weighted by molar-refractivity contribution is 0.302. The van der Waals surface area contributed by atoms with Gasteiger partial charge in [0.2, 0.25) is 0 Å². The number of pyridine rings is 1. The maximum absolute atomic E-state index is 6.52. The fourth-order valence-electron chi connectivity index (χ4n) is 8.62. The Morgan fingerprint density at radius 1 is 0.510 bits per heavy atom. The maximum Gasteiger partial charge on any atom is 0.160 e. The van der Waals surface area contributed by atoms with Crippen LogP contribution in [0.5, 0.6) is 5.75 Å². The van der Waals surface area contributed by atoms with Gasteiger partial charge < -0.3 is 4.74 Å². The fraction of sp³-hybridized carbons (Fsp3) is 0.0444. The summed E-state index contributed by atoms with van der Waals surface area (Å²) in [6.45, 7) is 0.499. The van der Waals surface area contributed by atoms with Gasteiger partial charge in [-0.1, -0.05) is 103 Å². The van der Waals surface area contributed by atoms with Crippen LogP contribution >= 0.6 is 0 Å². The zero-order chi connectivity index (χ0) is 32.1. The molecule has 49 heavy (non-hydrogen) atoms. The smallest absolute Gasteiger partial charge is 0.160 e. The van der Waals surface area contributed by atoms with E-state index in [1.807, 2.05) is 36.4 Å². The number of nitrogens with zero attached hydrogens (tertiary/aromatic N) is 3. The van der Waals surface area contributed by atoms with E-state index < -0.39 is 0 Å². The molecule has 0 bridgehead atoms. The van der Waals surface area contributed by atoms with Gasteiger partial charge in [0.25, 0.3) is 0 Å². The second kappa shape index (κ2) is 9.82. The number of aromatic nitrogens is 3. The maximum atomic E-state index is 6.52. The highest BCUT2D eigenvalue weighted by atomic mass is 16.5. The Labute approximate surface area is 283 Å². The van der Waals surface area contributed by atoms with Crippen molar-refractivity contribution < 1.29 is 4.74 Å². The molecular weight excluding hydrogens is 599 g/mol. The van der Waals surface area contributed by atoms with Crippen molar-refractivity contribution in [2.75, 3.05) is 0 Å². The first-order valence-corrected chi connectivity index (χ1v) is 16.7. The van der Waals surface area contributed by atoms with Gasteiger partial charge >= 0.3 is 0 Å². The third-order valence-corrected chi connectivity index (χ3v) is 10.6. The average Bonchev–Trinajstić information content (AvgIpc) is 3.63. The minimum Gasteiger partial charge on any atom is -0.488 e. The van der Waals surface area contributed by atoms with E-state index >= 15 is 0 Å². The number of hydrogen-bond acceptors (Lipinski definition) is 4. The molecule has 228 valence electrons. The molecule has 8 aromatic rings. The number of ether oxygens (including phenoxy) is 1. The summed E-state index contributed by atoms with van der Waals surface area (Å²) in [7, 11) is 0. The quantitative estimate of drug-likeness (QED) is 0.192. The predicted octanol–water partition coefficient (Wildman–Crippen LogP) is 10.3. The van der Waals surface area contributed by atoms with E-state index in [0.29, 0.717) is 12.4 Å². The standard InChI is InChI=1S/C45H27N3O/c1-5-15-36-29(11-1)30-12-2-6-16-37(30)45(36)38-17-7-3-13-31(38)35-23-28-26-49-42-24-27(20-21-32(42)34(28)25-39(35)45)44-47-40-18-8-4-14-33(40)43(48-44)41-19-9-10-22-46-41/h1-25H,26H2. The van der Waals surface area contributed by atoms with Gasteiger partial charge in [-0.05, 0) is 98.1 Å². The summed E-state index contributed by atoms with van der Waals surface area (Å²) >= 11 is 0. The zero-order valence-corrected chi connectivity index (χ0v) is 26.4. The van der Waals surface area contributed by atoms with Crippen molar-refractivity contribution in [3.8, 4) is 61.9 Å². The van der Waals surface area contributed by atoms with Gasteiger partial charge in [-0.3, -0.25) is 4.98 Å². The molecule has 4 heteroatoms. The molecule has 0 amide bonds. The Morgan fingerprint density at radius 3 is 1.92 bits per heavy atom. The summed E-state index contributed by atoms with van der Waals surface area (Å²) in [5.41, 5.74) is 17.1. The predicted molar refractivity (Wildman–Crippen MR) is 194 cm³/mol. The van der Waals surface area contributed by atoms with Gasteiger partial charge in [0.05, 0.1) is 16.6 Å². The summed E-state index contributed by atoms with van der Waals surface area (Å²) in [5.74, 6) is 1.50. The SMILES string of the molecule is c1ccc(-c2nc(-c3ccc4c(c3)OCc3cc5c(cc3-4)C3(c4ccccc4-c4ccccc43)c3ccccc3-5)nc3ccccc23)nc1. The van der Waals surface area contributed by atoms with Crippen molar-refractivity contribution >= 4 is 10.9 Å². The van der Waals surface area contributed by atoms with Gasteiger partial charge in [-0.2, -0.15) is 0 Å². The summed E-state index contributed by atoms with van der Waals surface area (Å²) in [6, 6.07) is 52.1. The van der Waals surface area contributed by atoms with E-state index in [0.717, 1.165) is 39.2 Å². The first kappa shape index (κ1) is 26.7. The second-order valence-electron chi connectivity index (χ2n) is 13.1. The molecular formula is C45H27N3O. The average molecular weight is 626 g/mol. The van der Waals surface area contributed by atoms with Crippen LogP contribution in [0.1, 0.15) is 27.8 Å². The summed E-state index contributed by atoms with van der Waals surface area (Å²) in [5, 5.41) is 0.979. The van der Waals surface area contributed by atoms with Crippen molar-refractivity contribution in [3.63, 3.8) is 0 Å². The van der Waals surface area contributed by atoms with Crippen LogP contribution in [-0.2, 0) is 12.0 Å². The van der Waals surface area contributed by atoms with Crippen LogP contribution in [0.3, 0.4) is 0 Å². The minimum atomic E-state index is -0.382. The molecule has 2 aliphatic carbocycles. The number of hydrogen-bond donors (Lipinski definition) is 0. The van der Waals surface area contributed by atoms with Crippen LogP contribution in [0.2, 0.25) is 0 Å². The van der Waals surface area contributed by atoms with E-state index in [9.17, 15) is 0 Å². The molecule has 4 nitrogen and oxygen atoms in total. The van der Waals surface area contributed by atoms with Crippen LogP contribution in [0.15, 0.2) is 152 Å². The largest absolute Gasteiger partial charge is 0.488 e. The van der Waals surface area contributed by atoms with Crippen LogP contribution in [0, 0.1) is 0 Å². The van der Waals surface area contributed by atoms with Gasteiger partial charge in [0, 0.05) is 22.7 Å². The van der Waals surface area contributed by atoms with Gasteiger partial charge in [0.1, 0.15) is 18.1 Å². The van der Waals surface area contributed by atoms with Crippen LogP contribution in [0.25, 0.3) is 67.1 Å². The topological polar surface area (TPSA) is 47.9 Å². The third kappa shape index (κ3) is 3.55. The molecule has 0 N–H and O–H groups in total. The number of para-hydroxylation sites is 1. The zero-order valence-electron chi connectivity index (χ0n) is 26.4. The molecule has 6 aromatic carbocycles. The lowest BCUT2D eigenvalue weighted by atomic mass is 9.70. The molecule has 0 fully saturated rings. The molecule has 11 rings (SSSR count). The van der Waals surface area contributed by atoms with E-state index in [2.05, 4.69) is 114 Å². The molecule has 3 heterocycles. The number of benzene rings is 6. The highest BCUT2D eigenvalue weighted by Crippen LogP contribution is 2.63. The summed E-state index contributed by atoms with van der Waals surface area (Å²) in [6.07, 6.45) is 1.80. The monoisotopic (exact) mass is 625 g/mol. The van der Waals surface area contributed by atoms with Crippen molar-refractivity contribution in [2.45, 2.75) is 12.0 Å². The lowest BCUT2D eigenvalue weighted by Crippen LogP contribution is -2.26. The first-order valence-electron chi connectivity index (χ1n) is 16.7. The molecule has 0 radical (unpaired) electrons. The van der Waals surface area contributed by atoms with Crippen molar-refractivity contribution in [1.29, 1.82) is 0 Å². The van der Waals surface area contributed by atoms with Crippen molar-refractivity contribution in [3.05, 3.63) is 180 Å². The van der Waals surface area contributed by atoms with Crippen LogP contribution in [0.4, 0.5) is 0 Å². The van der Waals surface area contributed by atoms with Crippen LogP contribution < -0.4 is 4.74 Å². The lowest BCUT2D eigenvalue weighted by Gasteiger charge is -2.31. The molecule has 1 spiro atoms. The van der Waals surface area contributed by atoms with Gasteiger partial charge in [0.15, 0.2) is 5.82 Å². The van der Waals surface area contributed by atoms with E-state index in [1.165, 1.54) is 55.6 Å². The summed E-state index contributed by atoms with van der Waals surface area (Å²) in [4.78, 5) is 14.7. The molecule has 0 saturated carbocycles. The fourth-order valence-corrected chi connectivity index (χ4v) is 8.62. The molecule has 0 saturated heterocycles. The van der Waals surface area contributed by atoms with Crippen molar-refractivity contribution in [1.82, 2.24) is 15.0 Å². The Kier molecular flexibility index (Phi) is 5.34. The van der Waals surface area contributed by atoms with E-state index in [4.69, 9.17) is 14.7 Å². The normalized spacial score (nSPS) is 14.0. The van der Waals surface area contributed by atoms with Crippen molar-refractivity contribution in [2.24, 2.45) is 0 Å². The van der Waals surface area contributed by atoms with E-state index in [-0.39, 0.29) is 5.41 Å².